The van der Waals surface area contributed by atoms with Crippen LogP contribution in [0.4, 0.5) is 0 Å². The summed E-state index contributed by atoms with van der Waals surface area (Å²) < 4.78 is 7.58. The Balaban J connectivity index is 1.75. The minimum atomic E-state index is 0.360. The molecule has 2 N–H and O–H groups in total. The molecule has 6 heteroatoms. The number of imidazole rings is 1. The molecule has 2 aromatic rings. The highest BCUT2D eigenvalue weighted by molar-refractivity contribution is 7.80. The molecule has 3 rings (SSSR count). The summed E-state index contributed by atoms with van der Waals surface area (Å²) >= 11 is 5.03. The summed E-state index contributed by atoms with van der Waals surface area (Å²) in [5, 5.41) is 0. The number of thiocarbonyl (C=S) groups is 1. The maximum Gasteiger partial charge on any atom is 0.129 e. The standard InChI is InChI=1S/C15H18N4OS/c1-20-13-8-11(2-3-12(13)15(16)21)9-18-6-7-19-5-4-17-14(19)10-18/h2-5,8H,6-7,9-10H2,1H3,(H2,16,21). The van der Waals surface area contributed by atoms with Crippen LogP contribution in [-0.4, -0.2) is 33.1 Å². The molecule has 0 aliphatic carbocycles. The van der Waals surface area contributed by atoms with Crippen molar-refractivity contribution in [3.8, 4) is 5.75 Å². The van der Waals surface area contributed by atoms with Crippen molar-refractivity contribution in [3.05, 3.63) is 47.5 Å². The summed E-state index contributed by atoms with van der Waals surface area (Å²) in [6.07, 6.45) is 3.89. The van der Waals surface area contributed by atoms with Crippen LogP contribution >= 0.6 is 12.2 Å². The molecule has 110 valence electrons. The molecule has 0 unspecified atom stereocenters. The maximum absolute atomic E-state index is 5.70. The van der Waals surface area contributed by atoms with E-state index in [9.17, 15) is 0 Å². The van der Waals surface area contributed by atoms with Gasteiger partial charge in [0.15, 0.2) is 0 Å². The molecule has 0 amide bonds. The van der Waals surface area contributed by atoms with E-state index in [4.69, 9.17) is 22.7 Å². The zero-order chi connectivity index (χ0) is 14.8. The molecule has 1 aromatic heterocycles. The molecule has 21 heavy (non-hydrogen) atoms. The number of hydrogen-bond donors (Lipinski definition) is 1. The van der Waals surface area contributed by atoms with E-state index in [1.165, 1.54) is 5.56 Å². The molecule has 0 saturated carbocycles. The second-order valence-corrected chi connectivity index (χ2v) is 5.59. The molecule has 0 fully saturated rings. The average Bonchev–Trinajstić information content (AvgIpc) is 2.94. The first kappa shape index (κ1) is 14.0. The fraction of sp³-hybridized carbons (Fsp3) is 0.333. The van der Waals surface area contributed by atoms with Gasteiger partial charge in [0.25, 0.3) is 0 Å². The Labute approximate surface area is 129 Å². The number of nitrogens with two attached hydrogens (primary N) is 1. The van der Waals surface area contributed by atoms with Gasteiger partial charge in [-0.15, -0.1) is 0 Å². The molecule has 5 nitrogen and oxygen atoms in total. The molecule has 1 aliphatic rings. The van der Waals surface area contributed by atoms with Crippen molar-refractivity contribution in [2.45, 2.75) is 19.6 Å². The zero-order valence-corrected chi connectivity index (χ0v) is 12.8. The molecule has 0 bridgehead atoms. The third kappa shape index (κ3) is 2.91. The average molecular weight is 302 g/mol. The Morgan fingerprint density at radius 3 is 3.05 bits per heavy atom. The van der Waals surface area contributed by atoms with Crippen LogP contribution < -0.4 is 10.5 Å². The van der Waals surface area contributed by atoms with E-state index in [1.807, 2.05) is 24.5 Å². The van der Waals surface area contributed by atoms with E-state index in [-0.39, 0.29) is 0 Å². The third-order valence-electron chi connectivity index (χ3n) is 3.76. The van der Waals surface area contributed by atoms with E-state index in [1.54, 1.807) is 7.11 Å². The van der Waals surface area contributed by atoms with E-state index < -0.39 is 0 Å². The number of methoxy groups -OCH3 is 1. The van der Waals surface area contributed by atoms with E-state index in [0.717, 1.165) is 43.3 Å². The molecule has 1 aromatic carbocycles. The quantitative estimate of drug-likeness (QED) is 0.868. The van der Waals surface area contributed by atoms with Crippen LogP contribution in [0.2, 0.25) is 0 Å². The second-order valence-electron chi connectivity index (χ2n) is 5.15. The monoisotopic (exact) mass is 302 g/mol. The summed E-state index contributed by atoms with van der Waals surface area (Å²) in [5.74, 6) is 1.85. The highest BCUT2D eigenvalue weighted by Crippen LogP contribution is 2.22. The first-order valence-corrected chi connectivity index (χ1v) is 7.27. The molecule has 0 atom stereocenters. The summed E-state index contributed by atoms with van der Waals surface area (Å²) in [6.45, 7) is 3.73. The molecular formula is C15H18N4OS. The van der Waals surface area contributed by atoms with Gasteiger partial charge in [-0.1, -0.05) is 18.3 Å². The lowest BCUT2D eigenvalue weighted by molar-refractivity contribution is 0.208. The van der Waals surface area contributed by atoms with Gasteiger partial charge in [-0.2, -0.15) is 0 Å². The van der Waals surface area contributed by atoms with Gasteiger partial charge in [-0.25, -0.2) is 4.98 Å². The zero-order valence-electron chi connectivity index (χ0n) is 12.0. The maximum atomic E-state index is 5.70. The molecule has 2 heterocycles. The lowest BCUT2D eigenvalue weighted by Crippen LogP contribution is -2.33. The number of hydrogen-bond acceptors (Lipinski definition) is 4. The van der Waals surface area contributed by atoms with Crippen LogP contribution in [0.1, 0.15) is 17.0 Å². The molecule has 0 radical (unpaired) electrons. The predicted octanol–water partition coefficient (Wildman–Crippen LogP) is 1.54. The Kier molecular flexibility index (Phi) is 3.90. The molecule has 0 spiro atoms. The van der Waals surface area contributed by atoms with Crippen molar-refractivity contribution < 1.29 is 4.74 Å². The van der Waals surface area contributed by atoms with Crippen LogP contribution in [0.25, 0.3) is 0 Å². The van der Waals surface area contributed by atoms with Crippen LogP contribution in [0, 0.1) is 0 Å². The van der Waals surface area contributed by atoms with Crippen molar-refractivity contribution in [2.24, 2.45) is 5.73 Å². The Morgan fingerprint density at radius 2 is 2.29 bits per heavy atom. The summed E-state index contributed by atoms with van der Waals surface area (Å²) in [4.78, 5) is 7.11. The van der Waals surface area contributed by atoms with Crippen LogP contribution in [-0.2, 0) is 19.6 Å². The second kappa shape index (κ2) is 5.83. The number of rotatable bonds is 4. The lowest BCUT2D eigenvalue weighted by atomic mass is 10.1. The molecular weight excluding hydrogens is 284 g/mol. The van der Waals surface area contributed by atoms with Gasteiger partial charge in [0.2, 0.25) is 0 Å². The van der Waals surface area contributed by atoms with Crippen molar-refractivity contribution >= 4 is 17.2 Å². The van der Waals surface area contributed by atoms with Gasteiger partial charge in [-0.05, 0) is 17.7 Å². The van der Waals surface area contributed by atoms with Crippen molar-refractivity contribution in [2.75, 3.05) is 13.7 Å². The third-order valence-corrected chi connectivity index (χ3v) is 3.98. The van der Waals surface area contributed by atoms with Crippen LogP contribution in [0.15, 0.2) is 30.6 Å². The van der Waals surface area contributed by atoms with Gasteiger partial charge in [0.1, 0.15) is 16.6 Å². The lowest BCUT2D eigenvalue weighted by Gasteiger charge is -2.27. The first-order chi connectivity index (χ1) is 10.2. The smallest absolute Gasteiger partial charge is 0.129 e. The molecule has 1 aliphatic heterocycles. The Bertz CT molecular complexity index is 667. The molecule has 0 saturated heterocycles. The number of fused-ring (bicyclic) bond motifs is 1. The minimum absolute atomic E-state index is 0.360. The summed E-state index contributed by atoms with van der Waals surface area (Å²) in [6, 6.07) is 6.00. The summed E-state index contributed by atoms with van der Waals surface area (Å²) in [5.41, 5.74) is 7.67. The highest BCUT2D eigenvalue weighted by atomic mass is 32.1. The van der Waals surface area contributed by atoms with Crippen LogP contribution in [0.5, 0.6) is 5.75 Å². The summed E-state index contributed by atoms with van der Waals surface area (Å²) in [7, 11) is 1.64. The van der Waals surface area contributed by atoms with Gasteiger partial charge < -0.3 is 15.0 Å². The number of aromatic nitrogens is 2. The number of benzene rings is 1. The first-order valence-electron chi connectivity index (χ1n) is 6.86. The number of nitrogens with zero attached hydrogens (tertiary/aromatic N) is 3. The van der Waals surface area contributed by atoms with Crippen molar-refractivity contribution in [1.29, 1.82) is 0 Å². The van der Waals surface area contributed by atoms with E-state index in [2.05, 4.69) is 20.5 Å². The fourth-order valence-electron chi connectivity index (χ4n) is 2.65. The van der Waals surface area contributed by atoms with Gasteiger partial charge in [-0.3, -0.25) is 4.90 Å². The Hall–Kier alpha value is -1.92. The van der Waals surface area contributed by atoms with Crippen molar-refractivity contribution in [3.63, 3.8) is 0 Å². The van der Waals surface area contributed by atoms with Gasteiger partial charge >= 0.3 is 0 Å². The SMILES string of the molecule is COc1cc(CN2CCn3ccnc3C2)ccc1C(N)=S. The number of ether oxygens (including phenoxy) is 1. The topological polar surface area (TPSA) is 56.3 Å². The highest BCUT2D eigenvalue weighted by Gasteiger charge is 2.17. The van der Waals surface area contributed by atoms with E-state index in [0.29, 0.717) is 4.99 Å². The van der Waals surface area contributed by atoms with Crippen LogP contribution in [0.3, 0.4) is 0 Å². The fourth-order valence-corrected chi connectivity index (χ4v) is 2.82. The minimum Gasteiger partial charge on any atom is -0.496 e. The largest absolute Gasteiger partial charge is 0.496 e. The van der Waals surface area contributed by atoms with Gasteiger partial charge in [0.05, 0.1) is 19.2 Å². The van der Waals surface area contributed by atoms with Gasteiger partial charge in [0, 0.05) is 32.0 Å². The predicted molar refractivity (Wildman–Crippen MR) is 85.2 cm³/mol. The van der Waals surface area contributed by atoms with Crippen molar-refractivity contribution in [1.82, 2.24) is 14.5 Å². The normalized spacial score (nSPS) is 14.7. The Morgan fingerprint density at radius 1 is 1.43 bits per heavy atom. The van der Waals surface area contributed by atoms with E-state index >= 15 is 0 Å².